The van der Waals surface area contributed by atoms with Gasteiger partial charge in [0.05, 0.1) is 10.7 Å². The van der Waals surface area contributed by atoms with Crippen molar-refractivity contribution < 1.29 is 4.79 Å². The molecule has 3 aromatic rings. The summed E-state index contributed by atoms with van der Waals surface area (Å²) < 4.78 is 0. The Kier molecular flexibility index (Phi) is 4.78. The largest absolute Gasteiger partial charge is 0.347 e. The van der Waals surface area contributed by atoms with E-state index >= 15 is 0 Å². The van der Waals surface area contributed by atoms with Gasteiger partial charge in [0.15, 0.2) is 0 Å². The van der Waals surface area contributed by atoms with Crippen molar-refractivity contribution in [1.29, 1.82) is 0 Å². The molecule has 0 unspecified atom stereocenters. The topological polar surface area (TPSA) is 54.9 Å². The highest BCUT2D eigenvalue weighted by Gasteiger charge is 2.15. The summed E-state index contributed by atoms with van der Waals surface area (Å²) in [7, 11) is 0. The van der Waals surface area contributed by atoms with Crippen LogP contribution in [-0.2, 0) is 13.0 Å². The fraction of sp³-hybridized carbons (Fsp3) is 0.167. The summed E-state index contributed by atoms with van der Waals surface area (Å²) in [6.45, 7) is 2.37. The van der Waals surface area contributed by atoms with Crippen molar-refractivity contribution in [2.45, 2.75) is 19.9 Å². The number of aryl methyl sites for hydroxylation is 1. The average molecular weight is 323 g/mol. The van der Waals surface area contributed by atoms with Crippen LogP contribution in [0.1, 0.15) is 31.5 Å². The maximum Gasteiger partial charge on any atom is 0.263 e. The first-order chi connectivity index (χ1) is 11.2. The quantitative estimate of drug-likeness (QED) is 0.783. The van der Waals surface area contributed by atoms with Crippen molar-refractivity contribution in [2.75, 3.05) is 0 Å². The number of rotatable bonds is 5. The van der Waals surface area contributed by atoms with E-state index in [4.69, 9.17) is 0 Å². The molecule has 1 aromatic carbocycles. The smallest absolute Gasteiger partial charge is 0.263 e. The van der Waals surface area contributed by atoms with Gasteiger partial charge in [0.25, 0.3) is 5.91 Å². The predicted octanol–water partition coefficient (Wildman–Crippen LogP) is 3.37. The number of amides is 1. The van der Waals surface area contributed by atoms with Crippen LogP contribution >= 0.6 is 11.3 Å². The second kappa shape index (κ2) is 7.15. The molecular formula is C18H17N3OS. The number of carbonyl (C=O) groups is 1. The number of carbonyl (C=O) groups excluding carboxylic acids is 1. The Bertz CT molecular complexity index is 785. The SMILES string of the molecule is Cc1nc(Cc2ccccc2)sc1C(=O)NCc1ccncc1. The van der Waals surface area contributed by atoms with E-state index < -0.39 is 0 Å². The van der Waals surface area contributed by atoms with Gasteiger partial charge in [-0.25, -0.2) is 4.98 Å². The third-order valence-electron chi connectivity index (χ3n) is 3.45. The van der Waals surface area contributed by atoms with E-state index in [0.717, 1.165) is 22.7 Å². The van der Waals surface area contributed by atoms with E-state index in [0.29, 0.717) is 11.4 Å². The van der Waals surface area contributed by atoms with Crippen LogP contribution < -0.4 is 5.32 Å². The summed E-state index contributed by atoms with van der Waals surface area (Å²) in [6, 6.07) is 13.9. The number of nitrogens with zero attached hydrogens (tertiary/aromatic N) is 2. The van der Waals surface area contributed by atoms with Gasteiger partial charge in [-0.1, -0.05) is 30.3 Å². The van der Waals surface area contributed by atoms with Crippen LogP contribution in [-0.4, -0.2) is 15.9 Å². The molecule has 0 radical (unpaired) electrons. The number of nitrogens with one attached hydrogen (secondary N) is 1. The fourth-order valence-electron chi connectivity index (χ4n) is 2.27. The molecule has 0 spiro atoms. The summed E-state index contributed by atoms with van der Waals surface area (Å²) >= 11 is 1.46. The van der Waals surface area contributed by atoms with Crippen LogP contribution in [0.15, 0.2) is 54.9 Å². The van der Waals surface area contributed by atoms with E-state index in [1.54, 1.807) is 12.4 Å². The van der Waals surface area contributed by atoms with Crippen LogP contribution in [0.25, 0.3) is 0 Å². The van der Waals surface area contributed by atoms with E-state index in [9.17, 15) is 4.79 Å². The minimum absolute atomic E-state index is 0.0730. The second-order valence-electron chi connectivity index (χ2n) is 5.22. The third kappa shape index (κ3) is 4.02. The zero-order valence-electron chi connectivity index (χ0n) is 12.8. The van der Waals surface area contributed by atoms with Gasteiger partial charge in [-0.3, -0.25) is 9.78 Å². The highest BCUT2D eigenvalue weighted by Crippen LogP contribution is 2.21. The van der Waals surface area contributed by atoms with Crippen molar-refractivity contribution in [3.63, 3.8) is 0 Å². The number of benzene rings is 1. The van der Waals surface area contributed by atoms with Gasteiger partial charge in [0, 0.05) is 25.4 Å². The Morgan fingerprint density at radius 1 is 1.09 bits per heavy atom. The molecule has 0 atom stereocenters. The minimum atomic E-state index is -0.0730. The summed E-state index contributed by atoms with van der Waals surface area (Å²) in [5.41, 5.74) is 3.01. The molecule has 0 aliphatic rings. The molecule has 5 heteroatoms. The Balaban J connectivity index is 1.67. The van der Waals surface area contributed by atoms with Crippen LogP contribution in [0.5, 0.6) is 0 Å². The lowest BCUT2D eigenvalue weighted by Gasteiger charge is -2.03. The Morgan fingerprint density at radius 2 is 1.83 bits per heavy atom. The molecule has 0 bridgehead atoms. The number of hydrogen-bond donors (Lipinski definition) is 1. The summed E-state index contributed by atoms with van der Waals surface area (Å²) in [5.74, 6) is -0.0730. The molecule has 0 saturated carbocycles. The highest BCUT2D eigenvalue weighted by molar-refractivity contribution is 7.13. The van der Waals surface area contributed by atoms with E-state index in [-0.39, 0.29) is 5.91 Å². The lowest BCUT2D eigenvalue weighted by molar-refractivity contribution is 0.0954. The Morgan fingerprint density at radius 3 is 2.57 bits per heavy atom. The minimum Gasteiger partial charge on any atom is -0.347 e. The van der Waals surface area contributed by atoms with Gasteiger partial charge < -0.3 is 5.32 Å². The molecule has 116 valence electrons. The lowest BCUT2D eigenvalue weighted by atomic mass is 10.2. The molecule has 0 aliphatic carbocycles. The zero-order valence-corrected chi connectivity index (χ0v) is 13.6. The fourth-order valence-corrected chi connectivity index (χ4v) is 3.29. The molecule has 3 rings (SSSR count). The number of pyridine rings is 1. The van der Waals surface area contributed by atoms with Crippen molar-refractivity contribution in [2.24, 2.45) is 0 Å². The number of hydrogen-bond acceptors (Lipinski definition) is 4. The van der Waals surface area contributed by atoms with Crippen molar-refractivity contribution in [3.05, 3.63) is 81.6 Å². The predicted molar refractivity (Wildman–Crippen MR) is 91.5 cm³/mol. The van der Waals surface area contributed by atoms with Crippen LogP contribution in [0.3, 0.4) is 0 Å². The summed E-state index contributed by atoms with van der Waals surface area (Å²) in [5, 5.41) is 3.90. The summed E-state index contributed by atoms with van der Waals surface area (Å²) in [4.78, 5) is 21.5. The third-order valence-corrected chi connectivity index (χ3v) is 4.60. The number of thiazole rings is 1. The van der Waals surface area contributed by atoms with E-state index in [1.807, 2.05) is 37.3 Å². The normalized spacial score (nSPS) is 10.5. The highest BCUT2D eigenvalue weighted by atomic mass is 32.1. The second-order valence-corrected chi connectivity index (χ2v) is 6.31. The molecule has 2 heterocycles. The molecule has 0 saturated heterocycles. The van der Waals surface area contributed by atoms with Crippen LogP contribution in [0.4, 0.5) is 0 Å². The van der Waals surface area contributed by atoms with Gasteiger partial charge in [-0.05, 0) is 30.2 Å². The van der Waals surface area contributed by atoms with Crippen molar-refractivity contribution >= 4 is 17.2 Å². The molecule has 1 N–H and O–H groups in total. The first-order valence-electron chi connectivity index (χ1n) is 7.39. The standard InChI is InChI=1S/C18H17N3OS/c1-13-17(18(22)20-12-15-7-9-19-10-8-15)23-16(21-13)11-14-5-3-2-4-6-14/h2-10H,11-12H2,1H3,(H,20,22). The average Bonchev–Trinajstić information content (AvgIpc) is 2.95. The van der Waals surface area contributed by atoms with Crippen LogP contribution in [0.2, 0.25) is 0 Å². The van der Waals surface area contributed by atoms with Gasteiger partial charge >= 0.3 is 0 Å². The van der Waals surface area contributed by atoms with E-state index in [2.05, 4.69) is 27.4 Å². The molecule has 23 heavy (non-hydrogen) atoms. The lowest BCUT2D eigenvalue weighted by Crippen LogP contribution is -2.22. The molecule has 0 aliphatic heterocycles. The number of aromatic nitrogens is 2. The van der Waals surface area contributed by atoms with Crippen molar-refractivity contribution in [3.8, 4) is 0 Å². The molecule has 1 amide bonds. The Labute approximate surface area is 139 Å². The van der Waals surface area contributed by atoms with Crippen LogP contribution in [0, 0.1) is 6.92 Å². The molecular weight excluding hydrogens is 306 g/mol. The van der Waals surface area contributed by atoms with E-state index in [1.165, 1.54) is 16.9 Å². The van der Waals surface area contributed by atoms with Gasteiger partial charge in [-0.15, -0.1) is 11.3 Å². The molecule has 2 aromatic heterocycles. The van der Waals surface area contributed by atoms with Crippen molar-refractivity contribution in [1.82, 2.24) is 15.3 Å². The van der Waals surface area contributed by atoms with Gasteiger partial charge in [0.2, 0.25) is 0 Å². The molecule has 0 fully saturated rings. The Hall–Kier alpha value is -2.53. The maximum atomic E-state index is 12.3. The zero-order chi connectivity index (χ0) is 16.1. The monoisotopic (exact) mass is 323 g/mol. The summed E-state index contributed by atoms with van der Waals surface area (Å²) in [6.07, 6.45) is 4.19. The van der Waals surface area contributed by atoms with Gasteiger partial charge in [-0.2, -0.15) is 0 Å². The molecule has 4 nitrogen and oxygen atoms in total. The maximum absolute atomic E-state index is 12.3. The first-order valence-corrected chi connectivity index (χ1v) is 8.21. The van der Waals surface area contributed by atoms with Gasteiger partial charge in [0.1, 0.15) is 4.88 Å². The first kappa shape index (κ1) is 15.4.